The molecule has 3 atom stereocenters. The summed E-state index contributed by atoms with van der Waals surface area (Å²) in [5.74, 6) is -0.589. The topological polar surface area (TPSA) is 85.4 Å². The number of rotatable bonds is 3. The van der Waals surface area contributed by atoms with Gasteiger partial charge in [-0.1, -0.05) is 64.5 Å². The molecule has 4 rings (SSSR count). The number of ether oxygens (including phenoxy) is 3. The first kappa shape index (κ1) is 24.1. The summed E-state index contributed by atoms with van der Waals surface area (Å²) in [5.41, 5.74) is 1.40. The number of likely N-dealkylation sites (tertiary alicyclic amines) is 1. The van der Waals surface area contributed by atoms with E-state index in [1.807, 2.05) is 48.5 Å². The number of alkyl halides is 1. The van der Waals surface area contributed by atoms with E-state index in [2.05, 4.69) is 15.9 Å². The lowest BCUT2D eigenvalue weighted by Crippen LogP contribution is -2.56. The van der Waals surface area contributed by atoms with Gasteiger partial charge in [0, 0.05) is 6.42 Å². The van der Waals surface area contributed by atoms with E-state index in [1.165, 1.54) is 16.9 Å². The monoisotopic (exact) mass is 530 g/mol. The van der Waals surface area contributed by atoms with Crippen LogP contribution in [0.25, 0.3) is 0 Å². The molecule has 0 unspecified atom stereocenters. The van der Waals surface area contributed by atoms with Gasteiger partial charge < -0.3 is 14.2 Å². The molecule has 9 heteroatoms. The van der Waals surface area contributed by atoms with Gasteiger partial charge in [0.15, 0.2) is 0 Å². The third kappa shape index (κ3) is 4.24. The van der Waals surface area contributed by atoms with Crippen molar-refractivity contribution in [1.82, 2.24) is 4.90 Å². The summed E-state index contributed by atoms with van der Waals surface area (Å²) in [4.78, 5) is 42.3. The molecule has 2 amide bonds. The van der Waals surface area contributed by atoms with Gasteiger partial charge in [-0.05, 0) is 38.0 Å². The van der Waals surface area contributed by atoms with Crippen molar-refractivity contribution in [3.8, 4) is 0 Å². The van der Waals surface area contributed by atoms with Crippen molar-refractivity contribution in [3.05, 3.63) is 65.7 Å². The van der Waals surface area contributed by atoms with Crippen molar-refractivity contribution in [3.63, 3.8) is 0 Å². The number of halogens is 1. The molecule has 0 radical (unpaired) electrons. The molecule has 2 aromatic rings. The van der Waals surface area contributed by atoms with Crippen LogP contribution in [0.2, 0.25) is 0 Å². The fourth-order valence-electron chi connectivity index (χ4n) is 4.48. The standard InChI is InChI=1S/C25H27BrN2O6/c1-24(2,3)34-23(31)28-19(20(29)32-4)14-25(26)17-12-8-9-13-18(17)27(21(25)28)22(30)33-15-16-10-6-5-7-11-16/h5-13,19,21H,14-15H2,1-4H3/t19-,21-,25+/m1/s1. The molecule has 0 aromatic heterocycles. The number of nitrogens with zero attached hydrogens (tertiary/aromatic N) is 2. The van der Waals surface area contributed by atoms with Gasteiger partial charge in [-0.25, -0.2) is 14.4 Å². The lowest BCUT2D eigenvalue weighted by Gasteiger charge is -2.36. The maximum absolute atomic E-state index is 13.5. The number of hydrogen-bond acceptors (Lipinski definition) is 6. The largest absolute Gasteiger partial charge is 0.467 e. The second-order valence-corrected chi connectivity index (χ2v) is 10.7. The van der Waals surface area contributed by atoms with Gasteiger partial charge in [0.05, 0.1) is 17.1 Å². The van der Waals surface area contributed by atoms with Gasteiger partial charge in [0.1, 0.15) is 24.4 Å². The van der Waals surface area contributed by atoms with E-state index in [0.717, 1.165) is 11.1 Å². The zero-order chi connectivity index (χ0) is 24.7. The average molecular weight is 531 g/mol. The molecule has 0 spiro atoms. The molecule has 2 aliphatic rings. The smallest absolute Gasteiger partial charge is 0.416 e. The quantitative estimate of drug-likeness (QED) is 0.317. The van der Waals surface area contributed by atoms with E-state index in [1.54, 1.807) is 26.8 Å². The normalized spacial score (nSPS) is 23.2. The van der Waals surface area contributed by atoms with Crippen molar-refractivity contribution < 1.29 is 28.6 Å². The summed E-state index contributed by atoms with van der Waals surface area (Å²) >= 11 is 3.80. The second kappa shape index (κ2) is 8.94. The van der Waals surface area contributed by atoms with E-state index in [0.29, 0.717) is 5.69 Å². The van der Waals surface area contributed by atoms with Crippen molar-refractivity contribution in [2.24, 2.45) is 0 Å². The summed E-state index contributed by atoms with van der Waals surface area (Å²) in [5, 5.41) is 0. The van der Waals surface area contributed by atoms with E-state index < -0.39 is 40.3 Å². The lowest BCUT2D eigenvalue weighted by atomic mass is 9.96. The molecule has 8 nitrogen and oxygen atoms in total. The first-order valence-corrected chi connectivity index (χ1v) is 11.7. The Labute approximate surface area is 206 Å². The van der Waals surface area contributed by atoms with Crippen LogP contribution < -0.4 is 4.90 Å². The first-order chi connectivity index (χ1) is 16.1. The summed E-state index contributed by atoms with van der Waals surface area (Å²) in [6, 6.07) is 15.7. The van der Waals surface area contributed by atoms with Crippen LogP contribution in [0.15, 0.2) is 54.6 Å². The van der Waals surface area contributed by atoms with Gasteiger partial charge in [-0.15, -0.1) is 0 Å². The molecule has 2 aliphatic heterocycles. The Morgan fingerprint density at radius 1 is 1.03 bits per heavy atom. The number of carbonyl (C=O) groups is 3. The number of benzene rings is 2. The number of amides is 2. The van der Waals surface area contributed by atoms with Crippen molar-refractivity contribution >= 4 is 39.8 Å². The Hall–Kier alpha value is -3.07. The third-order valence-electron chi connectivity index (χ3n) is 5.83. The highest BCUT2D eigenvalue weighted by molar-refractivity contribution is 9.09. The van der Waals surface area contributed by atoms with Crippen LogP contribution in [0.4, 0.5) is 15.3 Å². The van der Waals surface area contributed by atoms with Gasteiger partial charge in [0.2, 0.25) is 0 Å². The minimum atomic E-state index is -0.956. The SMILES string of the molecule is COC(=O)[C@H]1C[C@]2(Br)c3ccccc3N(C(=O)OCc3ccccc3)[C@@H]2N1C(=O)OC(C)(C)C. The molecule has 0 saturated carbocycles. The Morgan fingerprint density at radius 2 is 1.68 bits per heavy atom. The van der Waals surface area contributed by atoms with Crippen LogP contribution in [-0.2, 0) is 29.9 Å². The summed E-state index contributed by atoms with van der Waals surface area (Å²) < 4.78 is 15.4. The predicted molar refractivity (Wildman–Crippen MR) is 128 cm³/mol. The molecule has 1 saturated heterocycles. The summed E-state index contributed by atoms with van der Waals surface area (Å²) in [6.07, 6.45) is -2.06. The summed E-state index contributed by atoms with van der Waals surface area (Å²) in [6.45, 7) is 5.29. The number of anilines is 1. The molecule has 0 aliphatic carbocycles. The minimum Gasteiger partial charge on any atom is -0.467 e. The minimum absolute atomic E-state index is 0.0627. The molecule has 1 fully saturated rings. The van der Waals surface area contributed by atoms with Crippen molar-refractivity contribution in [2.75, 3.05) is 12.0 Å². The van der Waals surface area contributed by atoms with Gasteiger partial charge in [0.25, 0.3) is 0 Å². The molecular formula is C25H27BrN2O6. The van der Waals surface area contributed by atoms with E-state index in [4.69, 9.17) is 14.2 Å². The van der Waals surface area contributed by atoms with E-state index in [9.17, 15) is 14.4 Å². The van der Waals surface area contributed by atoms with Gasteiger partial charge in [-0.3, -0.25) is 9.80 Å². The Morgan fingerprint density at radius 3 is 2.32 bits per heavy atom. The number of para-hydroxylation sites is 1. The molecule has 2 aromatic carbocycles. The van der Waals surface area contributed by atoms with Crippen LogP contribution in [0.1, 0.15) is 38.3 Å². The van der Waals surface area contributed by atoms with E-state index in [-0.39, 0.29) is 13.0 Å². The zero-order valence-electron chi connectivity index (χ0n) is 19.5. The number of esters is 1. The summed E-state index contributed by atoms with van der Waals surface area (Å²) in [7, 11) is 1.27. The number of methoxy groups -OCH3 is 1. The molecule has 0 bridgehead atoms. The van der Waals surface area contributed by atoms with E-state index >= 15 is 0 Å². The predicted octanol–water partition coefficient (Wildman–Crippen LogP) is 4.94. The fourth-order valence-corrected chi connectivity index (χ4v) is 5.55. The van der Waals surface area contributed by atoms with Crippen LogP contribution >= 0.6 is 15.9 Å². The second-order valence-electron chi connectivity index (χ2n) is 9.29. The van der Waals surface area contributed by atoms with Crippen LogP contribution in [0.5, 0.6) is 0 Å². The first-order valence-electron chi connectivity index (χ1n) is 10.9. The Balaban J connectivity index is 1.75. The van der Waals surface area contributed by atoms with Gasteiger partial charge in [-0.2, -0.15) is 0 Å². The maximum Gasteiger partial charge on any atom is 0.416 e. The van der Waals surface area contributed by atoms with Crippen molar-refractivity contribution in [1.29, 1.82) is 0 Å². The van der Waals surface area contributed by atoms with Crippen LogP contribution in [-0.4, -0.2) is 48.0 Å². The maximum atomic E-state index is 13.5. The Kier molecular flexibility index (Phi) is 6.33. The third-order valence-corrected chi connectivity index (χ3v) is 6.99. The Bertz CT molecular complexity index is 1100. The molecule has 0 N–H and O–H groups in total. The number of hydrogen-bond donors (Lipinski definition) is 0. The zero-order valence-corrected chi connectivity index (χ0v) is 21.1. The number of fused-ring (bicyclic) bond motifs is 3. The van der Waals surface area contributed by atoms with Gasteiger partial charge >= 0.3 is 18.2 Å². The van der Waals surface area contributed by atoms with Crippen LogP contribution in [0, 0.1) is 0 Å². The fraction of sp³-hybridized carbons (Fsp3) is 0.400. The molecule has 34 heavy (non-hydrogen) atoms. The highest BCUT2D eigenvalue weighted by Gasteiger charge is 2.65. The van der Waals surface area contributed by atoms with Crippen molar-refractivity contribution in [2.45, 2.75) is 55.9 Å². The van der Waals surface area contributed by atoms with Crippen LogP contribution in [0.3, 0.4) is 0 Å². The lowest BCUT2D eigenvalue weighted by molar-refractivity contribution is -0.146. The highest BCUT2D eigenvalue weighted by Crippen LogP contribution is 2.58. The number of carbonyl (C=O) groups excluding carboxylic acids is 3. The molecule has 180 valence electrons. The molecular weight excluding hydrogens is 504 g/mol. The molecule has 2 heterocycles. The average Bonchev–Trinajstić information content (AvgIpc) is 3.24. The highest BCUT2D eigenvalue weighted by atomic mass is 79.9.